The van der Waals surface area contributed by atoms with E-state index in [0.29, 0.717) is 15.7 Å². The Morgan fingerprint density at radius 2 is 1.88 bits per heavy atom. The van der Waals surface area contributed by atoms with Gasteiger partial charge in [-0.2, -0.15) is 0 Å². The molecule has 0 aliphatic heterocycles. The van der Waals surface area contributed by atoms with Gasteiger partial charge in [0.1, 0.15) is 6.04 Å². The van der Waals surface area contributed by atoms with Gasteiger partial charge in [-0.05, 0) is 24.6 Å². The number of rotatable bonds is 5. The van der Waals surface area contributed by atoms with Crippen LogP contribution in [0.1, 0.15) is 6.42 Å². The number of anilines is 1. The average molecular weight is 414 g/mol. The van der Waals surface area contributed by atoms with Gasteiger partial charge in [-0.15, -0.1) is 0 Å². The molecule has 0 saturated heterocycles. The predicted molar refractivity (Wildman–Crippen MR) is 100 cm³/mol. The lowest BCUT2D eigenvalue weighted by Gasteiger charge is -2.12. The second-order valence-corrected chi connectivity index (χ2v) is 8.83. The van der Waals surface area contributed by atoms with Crippen LogP contribution in [0.15, 0.2) is 18.2 Å². The molecule has 25 heavy (non-hydrogen) atoms. The van der Waals surface area contributed by atoms with Crippen LogP contribution in [-0.4, -0.2) is 59.9 Å². The Bertz CT molecular complexity index is 651. The summed E-state index contributed by atoms with van der Waals surface area (Å²) in [4.78, 5) is 31.6. The summed E-state index contributed by atoms with van der Waals surface area (Å²) < 4.78 is 10.6. The zero-order chi connectivity index (χ0) is 19.8. The predicted octanol–water partition coefficient (Wildman–Crippen LogP) is 2.78. The summed E-state index contributed by atoms with van der Waals surface area (Å²) in [6.45, 7) is 1.18. The number of nitrogens with one attached hydrogen (secondary N) is 1. The van der Waals surface area contributed by atoms with Crippen molar-refractivity contribution in [3.63, 3.8) is 0 Å². The Morgan fingerprint density at radius 1 is 1.32 bits per heavy atom. The highest BCUT2D eigenvalue weighted by molar-refractivity contribution is 7.57. The molecule has 0 saturated carbocycles. The van der Waals surface area contributed by atoms with Crippen LogP contribution in [-0.2, 0) is 9.36 Å². The van der Waals surface area contributed by atoms with E-state index >= 15 is 0 Å². The fourth-order valence-corrected chi connectivity index (χ4v) is 2.37. The molecule has 0 radical (unpaired) electrons. The van der Waals surface area contributed by atoms with Crippen molar-refractivity contribution in [3.05, 3.63) is 28.2 Å². The van der Waals surface area contributed by atoms with Gasteiger partial charge in [0.25, 0.3) is 0 Å². The van der Waals surface area contributed by atoms with E-state index in [4.69, 9.17) is 38.9 Å². The first-order valence-electron chi connectivity index (χ1n) is 7.04. The van der Waals surface area contributed by atoms with Crippen LogP contribution >= 0.6 is 30.6 Å². The number of carbonyl (C=O) groups is 2. The summed E-state index contributed by atoms with van der Waals surface area (Å²) in [5.74, 6) is -1.14. The topological polar surface area (TPSA) is 133 Å². The third-order valence-electron chi connectivity index (χ3n) is 2.75. The van der Waals surface area contributed by atoms with Crippen LogP contribution in [0.2, 0.25) is 10.0 Å². The summed E-state index contributed by atoms with van der Waals surface area (Å²) in [6, 6.07) is 3.69. The Labute approximate surface area is 156 Å². The molecule has 0 aliphatic carbocycles. The van der Waals surface area contributed by atoms with E-state index in [1.807, 2.05) is 0 Å². The molecule has 1 aromatic rings. The number of hydrogen-bond acceptors (Lipinski definition) is 4. The molecule has 1 rings (SSSR count). The van der Waals surface area contributed by atoms with Crippen LogP contribution in [0.5, 0.6) is 0 Å². The lowest BCUT2D eigenvalue weighted by Crippen LogP contribution is -2.30. The van der Waals surface area contributed by atoms with Crippen molar-refractivity contribution < 1.29 is 24.2 Å². The molecule has 0 spiro atoms. The standard InChI is InChI=1S/C9H10Cl2N2O.C5H12NO4P/c1-13(2)9(14)12-6-3-4-7(10)8(11)5-6;1-11(9,10)3-2-4(6)5(7)8/h3-5H,1-2H3,(H,12,14);4H,2-3,6H2,1H3,(H,7,8)(H,9,10). The second-order valence-electron chi connectivity index (χ2n) is 5.46. The van der Waals surface area contributed by atoms with E-state index in [0.717, 1.165) is 0 Å². The number of carbonyl (C=O) groups excluding carboxylic acids is 1. The highest BCUT2D eigenvalue weighted by atomic mass is 35.5. The van der Waals surface area contributed by atoms with Gasteiger partial charge in [0.2, 0.25) is 0 Å². The maximum absolute atomic E-state index is 11.2. The molecule has 11 heteroatoms. The third-order valence-corrected chi connectivity index (χ3v) is 4.58. The molecule has 5 N–H and O–H groups in total. The van der Waals surface area contributed by atoms with Gasteiger partial charge in [0.05, 0.1) is 10.0 Å². The second kappa shape index (κ2) is 10.6. The third kappa shape index (κ3) is 11.0. The number of hydrogen-bond donors (Lipinski definition) is 4. The van der Waals surface area contributed by atoms with Gasteiger partial charge >= 0.3 is 12.0 Å². The van der Waals surface area contributed by atoms with Crippen LogP contribution in [0, 0.1) is 0 Å². The number of carboxylic acid groups (broad SMARTS) is 1. The van der Waals surface area contributed by atoms with Crippen molar-refractivity contribution >= 4 is 48.3 Å². The summed E-state index contributed by atoms with van der Waals surface area (Å²) in [5, 5.41) is 11.8. The van der Waals surface area contributed by atoms with Gasteiger partial charge in [-0.1, -0.05) is 23.2 Å². The molecule has 0 fully saturated rings. The van der Waals surface area contributed by atoms with Crippen LogP contribution in [0.25, 0.3) is 0 Å². The van der Waals surface area contributed by atoms with Gasteiger partial charge in [-0.25, -0.2) is 4.79 Å². The minimum Gasteiger partial charge on any atom is -0.480 e. The largest absolute Gasteiger partial charge is 0.480 e. The number of nitrogens with zero attached hydrogens (tertiary/aromatic N) is 1. The van der Waals surface area contributed by atoms with E-state index in [-0.39, 0.29) is 18.6 Å². The van der Waals surface area contributed by atoms with Crippen molar-refractivity contribution in [3.8, 4) is 0 Å². The molecular formula is C14H22Cl2N3O5P. The number of nitrogens with two attached hydrogens (primary N) is 1. The molecule has 0 bridgehead atoms. The Balaban J connectivity index is 0.000000477. The average Bonchev–Trinajstić information content (AvgIpc) is 2.48. The molecular weight excluding hydrogens is 392 g/mol. The van der Waals surface area contributed by atoms with Crippen LogP contribution < -0.4 is 11.1 Å². The van der Waals surface area contributed by atoms with Crippen molar-refractivity contribution in [2.45, 2.75) is 12.5 Å². The van der Waals surface area contributed by atoms with Crippen molar-refractivity contribution in [2.24, 2.45) is 5.73 Å². The van der Waals surface area contributed by atoms with Crippen LogP contribution in [0.3, 0.4) is 0 Å². The Morgan fingerprint density at radius 3 is 2.28 bits per heavy atom. The minimum absolute atomic E-state index is 0.0412. The number of halogens is 2. The van der Waals surface area contributed by atoms with E-state index in [1.54, 1.807) is 32.3 Å². The summed E-state index contributed by atoms with van der Waals surface area (Å²) in [5.41, 5.74) is 5.72. The monoisotopic (exact) mass is 413 g/mol. The molecule has 0 aromatic heterocycles. The lowest BCUT2D eigenvalue weighted by molar-refractivity contribution is -0.138. The summed E-state index contributed by atoms with van der Waals surface area (Å²) in [7, 11) is 0.217. The molecule has 0 aliphatic rings. The van der Waals surface area contributed by atoms with E-state index in [1.165, 1.54) is 11.6 Å². The molecule has 8 nitrogen and oxygen atoms in total. The molecule has 142 valence electrons. The molecule has 2 unspecified atom stereocenters. The molecule has 0 heterocycles. The number of amides is 2. The van der Waals surface area contributed by atoms with Crippen molar-refractivity contribution in [1.82, 2.24) is 4.90 Å². The van der Waals surface area contributed by atoms with E-state index in [2.05, 4.69) is 5.32 Å². The molecule has 1 aromatic carbocycles. The number of carboxylic acids is 1. The smallest absolute Gasteiger partial charge is 0.321 e. The normalized spacial score (nSPS) is 13.7. The molecule has 2 atom stereocenters. The zero-order valence-corrected chi connectivity index (χ0v) is 16.5. The quantitative estimate of drug-likeness (QED) is 0.548. The highest BCUT2D eigenvalue weighted by Crippen LogP contribution is 2.35. The fraction of sp³-hybridized carbons (Fsp3) is 0.429. The summed E-state index contributed by atoms with van der Waals surface area (Å²) in [6.07, 6.45) is 0.0000772. The SMILES string of the molecule is CN(C)C(=O)Nc1ccc(Cl)c(Cl)c1.CP(=O)(O)CCC(N)C(=O)O. The maximum atomic E-state index is 11.2. The fourth-order valence-electron chi connectivity index (χ4n) is 1.31. The van der Waals surface area contributed by atoms with Gasteiger partial charge < -0.3 is 26.0 Å². The minimum atomic E-state index is -3.10. The number of aliphatic carboxylic acids is 1. The first-order chi connectivity index (χ1) is 11.3. The Kier molecular flexibility index (Phi) is 10.1. The van der Waals surface area contributed by atoms with E-state index in [9.17, 15) is 14.2 Å². The maximum Gasteiger partial charge on any atom is 0.321 e. The van der Waals surface area contributed by atoms with Gasteiger partial charge in [0.15, 0.2) is 7.37 Å². The van der Waals surface area contributed by atoms with Crippen molar-refractivity contribution in [2.75, 3.05) is 32.2 Å². The van der Waals surface area contributed by atoms with E-state index < -0.39 is 19.4 Å². The first-order valence-corrected chi connectivity index (χ1v) is 10.1. The Hall–Kier alpha value is -1.31. The van der Waals surface area contributed by atoms with Gasteiger partial charge in [0, 0.05) is 32.6 Å². The van der Waals surface area contributed by atoms with Crippen molar-refractivity contribution in [1.29, 1.82) is 0 Å². The number of urea groups is 1. The van der Waals surface area contributed by atoms with Crippen LogP contribution in [0.4, 0.5) is 10.5 Å². The highest BCUT2D eigenvalue weighted by Gasteiger charge is 2.16. The molecule has 2 amide bonds. The number of benzene rings is 1. The zero-order valence-electron chi connectivity index (χ0n) is 14.1. The first kappa shape index (κ1) is 23.7. The lowest BCUT2D eigenvalue weighted by atomic mass is 10.2. The summed E-state index contributed by atoms with van der Waals surface area (Å²) >= 11 is 11.5. The van der Waals surface area contributed by atoms with Gasteiger partial charge in [-0.3, -0.25) is 9.36 Å².